The number of nitrogens with zero attached hydrogens (tertiary/aromatic N) is 1. The quantitative estimate of drug-likeness (QED) is 0.573. The van der Waals surface area contributed by atoms with Crippen molar-refractivity contribution in [1.82, 2.24) is 10.2 Å². The summed E-state index contributed by atoms with van der Waals surface area (Å²) in [5.41, 5.74) is 0.961. The molecule has 0 spiro atoms. The van der Waals surface area contributed by atoms with E-state index in [0.717, 1.165) is 49.5 Å². The molecule has 144 valence electrons. The molecule has 0 unspecified atom stereocenters. The Morgan fingerprint density at radius 1 is 1.07 bits per heavy atom. The second-order valence-corrected chi connectivity index (χ2v) is 8.65. The smallest absolute Gasteiger partial charge is 0.266 e. The van der Waals surface area contributed by atoms with Gasteiger partial charge in [0.05, 0.1) is 4.91 Å². The lowest BCUT2D eigenvalue weighted by molar-refractivity contribution is -0.122. The maximum absolute atomic E-state index is 12.8. The van der Waals surface area contributed by atoms with E-state index >= 15 is 0 Å². The molecular formula is C22H22N2O2S2. The van der Waals surface area contributed by atoms with Gasteiger partial charge in [0.1, 0.15) is 15.8 Å². The van der Waals surface area contributed by atoms with Crippen LogP contribution in [0.3, 0.4) is 0 Å². The highest BCUT2D eigenvalue weighted by molar-refractivity contribution is 8.26. The highest BCUT2D eigenvalue weighted by Gasteiger charge is 2.33. The summed E-state index contributed by atoms with van der Waals surface area (Å²) in [5.74, 6) is 2.12. The molecule has 2 aliphatic rings. The Hall–Kier alpha value is -2.15. The van der Waals surface area contributed by atoms with Gasteiger partial charge < -0.3 is 10.1 Å². The summed E-state index contributed by atoms with van der Waals surface area (Å²) in [5, 5.41) is 3.36. The van der Waals surface area contributed by atoms with Gasteiger partial charge in [0.25, 0.3) is 5.91 Å². The first kappa shape index (κ1) is 19.2. The molecule has 28 heavy (non-hydrogen) atoms. The van der Waals surface area contributed by atoms with E-state index in [-0.39, 0.29) is 5.91 Å². The molecule has 1 N–H and O–H groups in total. The molecule has 2 aliphatic heterocycles. The number of ether oxygens (including phenoxy) is 1. The summed E-state index contributed by atoms with van der Waals surface area (Å²) in [4.78, 5) is 15.3. The van der Waals surface area contributed by atoms with Crippen LogP contribution in [0.2, 0.25) is 0 Å². The molecule has 1 amide bonds. The fourth-order valence-corrected chi connectivity index (χ4v) is 4.66. The van der Waals surface area contributed by atoms with Crippen molar-refractivity contribution in [2.75, 3.05) is 19.6 Å². The van der Waals surface area contributed by atoms with Crippen LogP contribution in [0, 0.1) is 5.92 Å². The summed E-state index contributed by atoms with van der Waals surface area (Å²) in [6, 6.07) is 17.4. The van der Waals surface area contributed by atoms with Crippen LogP contribution in [0.25, 0.3) is 6.08 Å². The Bertz CT molecular complexity index is 875. The second kappa shape index (κ2) is 8.90. The van der Waals surface area contributed by atoms with Gasteiger partial charge in [-0.25, -0.2) is 0 Å². The minimum atomic E-state index is 0.0261. The zero-order chi connectivity index (χ0) is 19.3. The number of piperidine rings is 1. The van der Waals surface area contributed by atoms with Crippen LogP contribution in [0.4, 0.5) is 0 Å². The number of rotatable bonds is 5. The van der Waals surface area contributed by atoms with Crippen LogP contribution in [0.1, 0.15) is 18.4 Å². The highest BCUT2D eigenvalue weighted by Crippen LogP contribution is 2.34. The lowest BCUT2D eigenvalue weighted by atomic mass is 9.98. The lowest BCUT2D eigenvalue weighted by Gasteiger charge is -2.26. The topological polar surface area (TPSA) is 41.6 Å². The maximum atomic E-state index is 12.8. The van der Waals surface area contributed by atoms with Gasteiger partial charge in [-0.15, -0.1) is 0 Å². The van der Waals surface area contributed by atoms with Crippen molar-refractivity contribution in [1.29, 1.82) is 0 Å². The average molecular weight is 411 g/mol. The zero-order valence-corrected chi connectivity index (χ0v) is 17.1. The highest BCUT2D eigenvalue weighted by atomic mass is 32.2. The van der Waals surface area contributed by atoms with Crippen LogP contribution in [0.15, 0.2) is 59.5 Å². The molecule has 0 radical (unpaired) electrons. The SMILES string of the molecule is O=C1/C(=C\c2ccc(Oc3ccccc3)cc2)SC(=S)N1CC1CCNCC1. The number of hydrogen-bond acceptors (Lipinski definition) is 5. The van der Waals surface area contributed by atoms with Crippen molar-refractivity contribution in [3.05, 3.63) is 65.1 Å². The molecule has 2 aromatic carbocycles. The van der Waals surface area contributed by atoms with Crippen LogP contribution < -0.4 is 10.1 Å². The van der Waals surface area contributed by atoms with E-state index in [1.54, 1.807) is 4.90 Å². The Labute approximate surface area is 175 Å². The third-order valence-corrected chi connectivity index (χ3v) is 6.31. The van der Waals surface area contributed by atoms with E-state index in [1.807, 2.05) is 60.7 Å². The minimum absolute atomic E-state index is 0.0261. The molecule has 4 rings (SSSR count). The Balaban J connectivity index is 1.42. The number of nitrogens with one attached hydrogen (secondary N) is 1. The minimum Gasteiger partial charge on any atom is -0.457 e. The van der Waals surface area contributed by atoms with Crippen molar-refractivity contribution in [3.63, 3.8) is 0 Å². The van der Waals surface area contributed by atoms with Crippen molar-refractivity contribution in [3.8, 4) is 11.5 Å². The molecule has 0 aliphatic carbocycles. The number of amides is 1. The van der Waals surface area contributed by atoms with E-state index < -0.39 is 0 Å². The molecule has 6 heteroatoms. The van der Waals surface area contributed by atoms with Crippen LogP contribution in [-0.2, 0) is 4.79 Å². The lowest BCUT2D eigenvalue weighted by Crippen LogP contribution is -2.38. The Kier molecular flexibility index (Phi) is 6.10. The van der Waals surface area contributed by atoms with Gasteiger partial charge in [0.15, 0.2) is 0 Å². The molecule has 0 bridgehead atoms. The monoisotopic (exact) mass is 410 g/mol. The van der Waals surface area contributed by atoms with Gasteiger partial charge in [0, 0.05) is 6.54 Å². The van der Waals surface area contributed by atoms with Gasteiger partial charge in [-0.1, -0.05) is 54.3 Å². The number of para-hydroxylation sites is 1. The number of carbonyl (C=O) groups excluding carboxylic acids is 1. The van der Waals surface area contributed by atoms with Gasteiger partial charge in [0.2, 0.25) is 0 Å². The number of thiocarbonyl (C=S) groups is 1. The Morgan fingerprint density at radius 2 is 1.75 bits per heavy atom. The van der Waals surface area contributed by atoms with E-state index in [4.69, 9.17) is 17.0 Å². The van der Waals surface area contributed by atoms with Gasteiger partial charge in [-0.2, -0.15) is 0 Å². The predicted octanol–water partition coefficient (Wildman–Crippen LogP) is 4.68. The van der Waals surface area contributed by atoms with E-state index in [2.05, 4.69) is 5.32 Å². The normalized spacial score (nSPS) is 19.4. The third kappa shape index (κ3) is 4.63. The molecule has 4 nitrogen and oxygen atoms in total. The van der Waals surface area contributed by atoms with E-state index in [0.29, 0.717) is 15.1 Å². The van der Waals surface area contributed by atoms with E-state index in [1.165, 1.54) is 11.8 Å². The van der Waals surface area contributed by atoms with Crippen LogP contribution in [-0.4, -0.2) is 34.8 Å². The van der Waals surface area contributed by atoms with E-state index in [9.17, 15) is 4.79 Å². The molecule has 2 aromatic rings. The summed E-state index contributed by atoms with van der Waals surface area (Å²) >= 11 is 6.86. The van der Waals surface area contributed by atoms with Crippen LogP contribution >= 0.6 is 24.0 Å². The maximum Gasteiger partial charge on any atom is 0.266 e. The molecule has 2 saturated heterocycles. The average Bonchev–Trinajstić information content (AvgIpc) is 2.98. The standard InChI is InChI=1S/C22H22N2O2S2/c25-21-20(28-22(27)24(21)15-17-10-12-23-13-11-17)14-16-6-8-19(9-7-16)26-18-4-2-1-3-5-18/h1-9,14,17,23H,10-13,15H2/b20-14+. The van der Waals surface area contributed by atoms with Crippen LogP contribution in [0.5, 0.6) is 11.5 Å². The summed E-state index contributed by atoms with van der Waals surface area (Å²) in [7, 11) is 0. The number of thioether (sulfide) groups is 1. The molecule has 2 heterocycles. The van der Waals surface area contributed by atoms with Gasteiger partial charge in [-0.3, -0.25) is 9.69 Å². The second-order valence-electron chi connectivity index (χ2n) is 6.97. The molecule has 2 fully saturated rings. The fraction of sp³-hybridized carbons (Fsp3) is 0.273. The summed E-state index contributed by atoms with van der Waals surface area (Å²) in [6.07, 6.45) is 4.10. The summed E-state index contributed by atoms with van der Waals surface area (Å²) in [6.45, 7) is 2.77. The number of carbonyl (C=O) groups is 1. The predicted molar refractivity (Wildman–Crippen MR) is 118 cm³/mol. The fourth-order valence-electron chi connectivity index (χ4n) is 3.39. The molecule has 0 atom stereocenters. The largest absolute Gasteiger partial charge is 0.457 e. The first-order valence-corrected chi connectivity index (χ1v) is 10.7. The summed E-state index contributed by atoms with van der Waals surface area (Å²) < 4.78 is 6.48. The first-order chi connectivity index (χ1) is 13.7. The van der Waals surface area contributed by atoms with Crippen molar-refractivity contribution < 1.29 is 9.53 Å². The van der Waals surface area contributed by atoms with Crippen molar-refractivity contribution in [2.45, 2.75) is 12.8 Å². The molecular weight excluding hydrogens is 388 g/mol. The van der Waals surface area contributed by atoms with Crippen molar-refractivity contribution >= 4 is 40.3 Å². The first-order valence-electron chi connectivity index (χ1n) is 9.48. The van der Waals surface area contributed by atoms with Gasteiger partial charge >= 0.3 is 0 Å². The van der Waals surface area contributed by atoms with Crippen molar-refractivity contribution in [2.24, 2.45) is 5.92 Å². The number of benzene rings is 2. The van der Waals surface area contributed by atoms with Gasteiger partial charge in [-0.05, 0) is 67.8 Å². The third-order valence-electron chi connectivity index (χ3n) is 4.93. The Morgan fingerprint density at radius 3 is 2.46 bits per heavy atom. The zero-order valence-electron chi connectivity index (χ0n) is 15.5. The molecule has 0 saturated carbocycles. The molecule has 0 aromatic heterocycles. The number of hydrogen-bond donors (Lipinski definition) is 1.